The maximum absolute atomic E-state index is 11.5. The van der Waals surface area contributed by atoms with E-state index in [1.54, 1.807) is 94.7 Å². The number of nitrogens with two attached hydrogens (primary N) is 4. The Morgan fingerprint density at radius 1 is 0.644 bits per heavy atom. The minimum absolute atomic E-state index is 0. The number of ether oxygens (including phenoxy) is 1. The van der Waals surface area contributed by atoms with Crippen LogP contribution >= 0.6 is 0 Å². The second-order valence-electron chi connectivity index (χ2n) is 13.7. The smallest absolute Gasteiger partial charge is 0.478 e. The Hall–Kier alpha value is -6.38. The van der Waals surface area contributed by atoms with Gasteiger partial charge in [-0.1, -0.05) is 142 Å². The first kappa shape index (κ1) is 80.7. The van der Waals surface area contributed by atoms with Crippen molar-refractivity contribution in [3.05, 3.63) is 157 Å². The van der Waals surface area contributed by atoms with Crippen LogP contribution in [0, 0.1) is 7.43 Å². The zero-order valence-electron chi connectivity index (χ0n) is 48.1. The number of nitrogens with zero attached hydrogens (tertiary/aromatic N) is 1. The number of fused-ring (bicyclic) bond motifs is 1. The van der Waals surface area contributed by atoms with Crippen molar-refractivity contribution >= 4 is 52.2 Å². The molecule has 1 aliphatic rings. The van der Waals surface area contributed by atoms with Gasteiger partial charge in [0.25, 0.3) is 5.91 Å². The van der Waals surface area contributed by atoms with Gasteiger partial charge in [-0.05, 0) is 83.1 Å². The van der Waals surface area contributed by atoms with Crippen molar-refractivity contribution in [1.82, 2.24) is 10.5 Å². The second-order valence-corrected chi connectivity index (χ2v) is 13.7. The molecule has 17 heteroatoms. The predicted octanol–water partition coefficient (Wildman–Crippen LogP) is 9.67. The zero-order valence-corrected chi connectivity index (χ0v) is 48.1. The number of hydroxylamine groups is 3. The number of hydrogen-bond donors (Lipinski definition) is 8. The number of rotatable bonds is 6. The summed E-state index contributed by atoms with van der Waals surface area (Å²) in [5.41, 5.74) is 28.9. The molecule has 0 aliphatic carbocycles. The molecule has 0 unspecified atom stereocenters. The van der Waals surface area contributed by atoms with Gasteiger partial charge < -0.3 is 50.1 Å². The third-order valence-corrected chi connectivity index (χ3v) is 8.27. The van der Waals surface area contributed by atoms with Crippen molar-refractivity contribution in [3.8, 4) is 0 Å². The molecule has 0 saturated heterocycles. The Kier molecular flexibility index (Phi) is 53.0. The second kappa shape index (κ2) is 47.9. The van der Waals surface area contributed by atoms with E-state index in [-0.39, 0.29) is 49.6 Å². The van der Waals surface area contributed by atoms with Crippen molar-refractivity contribution in [3.63, 3.8) is 0 Å². The van der Waals surface area contributed by atoms with Crippen LogP contribution in [0.3, 0.4) is 0 Å². The topological polar surface area (TPSA) is 268 Å². The molecule has 5 aromatic carbocycles. The molecule has 406 valence electrons. The van der Waals surface area contributed by atoms with E-state index in [9.17, 15) is 24.3 Å². The predicted molar refractivity (Wildman–Crippen MR) is 304 cm³/mol. The first-order valence-corrected chi connectivity index (χ1v) is 23.6. The number of carbonyl (C=O) groups is 4. The Labute approximate surface area is 451 Å². The van der Waals surface area contributed by atoms with Gasteiger partial charge >= 0.3 is 30.9 Å². The molecule has 16 nitrogen and oxygen atoms in total. The van der Waals surface area contributed by atoms with E-state index in [0.29, 0.717) is 33.9 Å². The SMILES string of the molecule is CC.CC.CC.CC.CC.CC(=O)c1ccccc1N.CC(C)(O)c1ccccc1N.CC1(C)OC(=O)Nc2ccccc21.CNOC.CON(C)C(=O)c1ccccc1N.Nc1ccccc1C(=O)O.[CH3-].[Li+]. The fourth-order valence-electron chi connectivity index (χ4n) is 5.05. The molecule has 0 radical (unpaired) electrons. The molecule has 2 amide bonds. The van der Waals surface area contributed by atoms with Gasteiger partial charge in [-0.25, -0.2) is 20.1 Å². The number of amides is 2. The normalized spacial score (nSPS) is 10.1. The number of anilines is 5. The van der Waals surface area contributed by atoms with Gasteiger partial charge in [-0.2, -0.15) is 0 Å². The number of nitrogen functional groups attached to an aromatic ring is 4. The maximum atomic E-state index is 11.5. The summed E-state index contributed by atoms with van der Waals surface area (Å²) in [5.74, 6) is -1.23. The maximum Gasteiger partial charge on any atom is 1.00 e. The molecule has 1 heterocycles. The Balaban J connectivity index is -0.000000140. The standard InChI is InChI=1S/C10H11NO2.C9H12N2O2.C9H13NO.C8H9NO.C7H7NO2.C2H7NO.5C2H6.CH3.Li/c1-10(2)7-5-3-4-6-8(7)11-9(12)13-10;1-11(13-2)9(12)7-5-3-4-6-8(7)10;1-9(2,11)7-5-3-4-6-8(7)10;1-6(10)7-4-2-3-5-8(7)9;8-6-4-2-1-3-5(6)7(9)10;1-3-4-2;5*1-2;;/h3-6H,1-2H3,(H,11,12);3-6H,10H2,1-2H3;3-6,11H,10H2,1-2H3;2-5H,9H2,1H3;1-4H,8H2,(H,9,10);3H,1-2H3;5*1-2H3;1H3;/q;;;;;;;;;;;-1;+1. The molecular formula is C56H92LiN7O9. The van der Waals surface area contributed by atoms with Crippen LogP contribution in [0.2, 0.25) is 0 Å². The quantitative estimate of drug-likeness (QED) is 0.0259. The largest absolute Gasteiger partial charge is 1.00 e. The molecule has 0 spiro atoms. The monoisotopic (exact) mass is 1010 g/mol. The number of hydrogen-bond acceptors (Lipinski definition) is 13. The molecule has 0 saturated carbocycles. The van der Waals surface area contributed by atoms with Crippen LogP contribution in [0.25, 0.3) is 0 Å². The summed E-state index contributed by atoms with van der Waals surface area (Å²) in [6, 6.07) is 35.3. The molecular weight excluding hydrogens is 922 g/mol. The molecule has 12 N–H and O–H groups in total. The van der Waals surface area contributed by atoms with Crippen LogP contribution < -0.4 is 52.6 Å². The average Bonchev–Trinajstić information content (AvgIpc) is 3.37. The van der Waals surface area contributed by atoms with Crippen LogP contribution in [-0.4, -0.2) is 67.3 Å². The van der Waals surface area contributed by atoms with E-state index in [4.69, 9.17) is 37.6 Å². The number of cyclic esters (lactones) is 1. The van der Waals surface area contributed by atoms with Crippen LogP contribution in [0.5, 0.6) is 0 Å². The molecule has 0 atom stereocenters. The van der Waals surface area contributed by atoms with Gasteiger partial charge in [0, 0.05) is 53.5 Å². The molecule has 0 bridgehead atoms. The number of carbonyl (C=O) groups excluding carboxylic acids is 3. The van der Waals surface area contributed by atoms with Crippen LogP contribution in [-0.2, 0) is 25.6 Å². The van der Waals surface area contributed by atoms with Gasteiger partial charge in [0.1, 0.15) is 5.60 Å². The van der Waals surface area contributed by atoms with E-state index in [1.165, 1.54) is 27.1 Å². The first-order valence-electron chi connectivity index (χ1n) is 23.6. The minimum atomic E-state index is -0.988. The number of aliphatic hydroxyl groups is 1. The number of carboxylic acid groups (broad SMARTS) is 1. The van der Waals surface area contributed by atoms with E-state index in [0.717, 1.165) is 21.9 Å². The number of carboxylic acids is 1. The molecule has 1 aliphatic heterocycles. The van der Waals surface area contributed by atoms with E-state index in [1.807, 2.05) is 132 Å². The summed E-state index contributed by atoms with van der Waals surface area (Å²) in [6.07, 6.45) is -0.385. The molecule has 5 aromatic rings. The third kappa shape index (κ3) is 33.8. The van der Waals surface area contributed by atoms with Gasteiger partial charge in [-0.15, -0.1) is 0 Å². The van der Waals surface area contributed by atoms with Crippen molar-refractivity contribution in [2.75, 3.05) is 56.6 Å². The molecule has 6 rings (SSSR count). The van der Waals surface area contributed by atoms with Gasteiger partial charge in [0.15, 0.2) is 5.78 Å². The van der Waals surface area contributed by atoms with Crippen LogP contribution in [0.1, 0.15) is 146 Å². The van der Waals surface area contributed by atoms with Gasteiger partial charge in [0.05, 0.1) is 36.6 Å². The van der Waals surface area contributed by atoms with Crippen LogP contribution in [0.4, 0.5) is 33.2 Å². The van der Waals surface area contributed by atoms with Crippen molar-refractivity contribution < 1.29 is 62.7 Å². The summed E-state index contributed by atoms with van der Waals surface area (Å²) in [6.45, 7) is 28.7. The van der Waals surface area contributed by atoms with Crippen molar-refractivity contribution in [2.45, 2.75) is 115 Å². The Morgan fingerprint density at radius 3 is 1.29 bits per heavy atom. The number of aromatic carboxylic acids is 1. The van der Waals surface area contributed by atoms with Gasteiger partial charge in [0.2, 0.25) is 0 Å². The van der Waals surface area contributed by atoms with E-state index in [2.05, 4.69) is 15.6 Å². The zero-order chi connectivity index (χ0) is 56.3. The first-order chi connectivity index (χ1) is 33.6. The average molecular weight is 1010 g/mol. The van der Waals surface area contributed by atoms with Crippen LogP contribution in [0.15, 0.2) is 121 Å². The number of nitrogens with one attached hydrogen (secondary N) is 2. The minimum Gasteiger partial charge on any atom is -0.478 e. The van der Waals surface area contributed by atoms with Crippen molar-refractivity contribution in [1.29, 1.82) is 0 Å². The van der Waals surface area contributed by atoms with Crippen molar-refractivity contribution in [2.24, 2.45) is 0 Å². The number of Topliss-reactive ketones (excluding diaryl/α,β-unsaturated/α-hetero) is 1. The number of para-hydroxylation sites is 5. The molecule has 73 heavy (non-hydrogen) atoms. The summed E-state index contributed by atoms with van der Waals surface area (Å²) in [7, 11) is 6.24. The molecule has 0 aromatic heterocycles. The third-order valence-electron chi connectivity index (χ3n) is 8.27. The number of benzene rings is 5. The summed E-state index contributed by atoms with van der Waals surface area (Å²) in [5, 5.41) is 21.9. The Morgan fingerprint density at radius 2 is 0.986 bits per heavy atom. The van der Waals surface area contributed by atoms with E-state index >= 15 is 0 Å². The molecule has 0 fully saturated rings. The summed E-state index contributed by atoms with van der Waals surface area (Å²) < 4.78 is 5.15. The van der Waals surface area contributed by atoms with E-state index < -0.39 is 17.2 Å². The Bertz CT molecular complexity index is 2130. The summed E-state index contributed by atoms with van der Waals surface area (Å²) in [4.78, 5) is 52.8. The fourth-order valence-corrected chi connectivity index (χ4v) is 5.05. The van der Waals surface area contributed by atoms with Gasteiger partial charge in [-0.3, -0.25) is 19.7 Å². The summed E-state index contributed by atoms with van der Waals surface area (Å²) >= 11 is 0. The number of ketones is 1. The fraction of sp³-hybridized carbons (Fsp3) is 0.375.